The zero-order valence-electron chi connectivity index (χ0n) is 16.2. The predicted molar refractivity (Wildman–Crippen MR) is 109 cm³/mol. The monoisotopic (exact) mass is 396 g/mol. The molecule has 0 spiro atoms. The van der Waals surface area contributed by atoms with E-state index in [1.807, 2.05) is 30.3 Å². The summed E-state index contributed by atoms with van der Waals surface area (Å²) in [5.41, 5.74) is 11.6. The lowest BCUT2D eigenvalue weighted by Gasteiger charge is -2.32. The number of para-hydroxylation sites is 1. The minimum absolute atomic E-state index is 0.0996. The molecule has 2 aromatic carbocycles. The van der Waals surface area contributed by atoms with Crippen LogP contribution < -0.4 is 16.8 Å². The molecule has 1 aliphatic heterocycles. The minimum atomic E-state index is -1.05. The summed E-state index contributed by atoms with van der Waals surface area (Å²) in [6, 6.07) is 13.9. The van der Waals surface area contributed by atoms with Crippen LogP contribution in [0.1, 0.15) is 35.7 Å². The molecule has 0 bridgehead atoms. The summed E-state index contributed by atoms with van der Waals surface area (Å²) < 4.78 is 0. The fraction of sp³-hybridized carbons (Fsp3) is 0.286. The largest absolute Gasteiger partial charge is 0.396 e. The molecule has 8 heteroatoms. The van der Waals surface area contributed by atoms with Crippen molar-refractivity contribution in [2.45, 2.75) is 31.7 Å². The Balaban J connectivity index is 1.71. The number of primary amides is 1. The Hall–Kier alpha value is -3.39. The number of carbonyl (C=O) groups is 3. The van der Waals surface area contributed by atoms with E-state index in [0.29, 0.717) is 19.4 Å². The van der Waals surface area contributed by atoms with Crippen LogP contribution in [0.15, 0.2) is 48.5 Å². The molecular formula is C21H24N4O4. The van der Waals surface area contributed by atoms with Gasteiger partial charge < -0.3 is 21.6 Å². The molecular weight excluding hydrogens is 372 g/mol. The number of nitrogens with zero attached hydrogens (tertiary/aromatic N) is 1. The molecule has 0 radical (unpaired) electrons. The number of nitrogens with two attached hydrogens (primary N) is 2. The van der Waals surface area contributed by atoms with Crippen LogP contribution in [0, 0.1) is 0 Å². The average Bonchev–Trinajstić information content (AvgIpc) is 3.05. The highest BCUT2D eigenvalue weighted by atomic mass is 16.7. The van der Waals surface area contributed by atoms with Gasteiger partial charge in [-0.05, 0) is 37.5 Å². The Bertz CT molecular complexity index is 932. The zero-order chi connectivity index (χ0) is 21.0. The maximum absolute atomic E-state index is 13.0. The van der Waals surface area contributed by atoms with Crippen LogP contribution in [0.5, 0.6) is 0 Å². The van der Waals surface area contributed by atoms with Crippen LogP contribution in [0.2, 0.25) is 0 Å². The molecule has 0 unspecified atom stereocenters. The third-order valence-electron chi connectivity index (χ3n) is 5.09. The van der Waals surface area contributed by atoms with Gasteiger partial charge in [0, 0.05) is 6.54 Å². The Morgan fingerprint density at radius 3 is 2.55 bits per heavy atom. The van der Waals surface area contributed by atoms with Crippen LogP contribution in [-0.4, -0.2) is 34.9 Å². The number of carbonyl (C=O) groups excluding carboxylic acids is 3. The van der Waals surface area contributed by atoms with Gasteiger partial charge in [0.05, 0.1) is 23.4 Å². The predicted octanol–water partition coefficient (Wildman–Crippen LogP) is 1.86. The van der Waals surface area contributed by atoms with Gasteiger partial charge >= 0.3 is 5.97 Å². The van der Waals surface area contributed by atoms with Crippen molar-refractivity contribution in [2.75, 3.05) is 17.6 Å². The molecule has 8 nitrogen and oxygen atoms in total. The van der Waals surface area contributed by atoms with Gasteiger partial charge in [0.15, 0.2) is 0 Å². The van der Waals surface area contributed by atoms with Crippen molar-refractivity contribution in [2.24, 2.45) is 5.73 Å². The number of anilines is 2. The standard InChI is InChI=1S/C21H24N4O4/c1-21(20(28)24-16-10-5-9-15(18(16)22)19(23)27)11-6-12-25(21)29-17(26)13-14-7-3-2-4-8-14/h2-5,7-10H,6,11-13,22H2,1H3,(H2,23,27)(H,24,28)/t21-/m1/s1. The van der Waals surface area contributed by atoms with Crippen LogP contribution in [0.4, 0.5) is 11.4 Å². The lowest BCUT2D eigenvalue weighted by molar-refractivity contribution is -0.207. The highest BCUT2D eigenvalue weighted by molar-refractivity contribution is 6.05. The number of hydroxylamine groups is 2. The average molecular weight is 396 g/mol. The summed E-state index contributed by atoms with van der Waals surface area (Å²) in [6.07, 6.45) is 1.31. The summed E-state index contributed by atoms with van der Waals surface area (Å²) in [5.74, 6) is -1.50. The maximum Gasteiger partial charge on any atom is 0.329 e. The van der Waals surface area contributed by atoms with E-state index in [0.717, 1.165) is 5.56 Å². The molecule has 1 aliphatic rings. The van der Waals surface area contributed by atoms with E-state index in [1.165, 1.54) is 11.1 Å². The van der Waals surface area contributed by atoms with Gasteiger partial charge in [-0.3, -0.25) is 9.59 Å². The fourth-order valence-corrected chi connectivity index (χ4v) is 3.38. The highest BCUT2D eigenvalue weighted by Gasteiger charge is 2.46. The topological polar surface area (TPSA) is 128 Å². The smallest absolute Gasteiger partial charge is 0.329 e. The second kappa shape index (κ2) is 8.32. The molecule has 1 atom stereocenters. The molecule has 152 valence electrons. The Morgan fingerprint density at radius 2 is 1.86 bits per heavy atom. The second-order valence-electron chi connectivity index (χ2n) is 7.19. The number of rotatable bonds is 6. The third kappa shape index (κ3) is 4.38. The van der Waals surface area contributed by atoms with Crippen molar-refractivity contribution >= 4 is 29.2 Å². The van der Waals surface area contributed by atoms with E-state index in [4.69, 9.17) is 16.3 Å². The van der Waals surface area contributed by atoms with E-state index in [9.17, 15) is 14.4 Å². The van der Waals surface area contributed by atoms with Crippen LogP contribution in [-0.2, 0) is 20.8 Å². The van der Waals surface area contributed by atoms with Crippen molar-refractivity contribution in [1.82, 2.24) is 5.06 Å². The summed E-state index contributed by atoms with van der Waals surface area (Å²) in [4.78, 5) is 42.3. The summed E-state index contributed by atoms with van der Waals surface area (Å²) >= 11 is 0. The van der Waals surface area contributed by atoms with E-state index in [2.05, 4.69) is 5.32 Å². The quantitative estimate of drug-likeness (QED) is 0.640. The van der Waals surface area contributed by atoms with E-state index in [-0.39, 0.29) is 29.3 Å². The molecule has 0 saturated carbocycles. The van der Waals surface area contributed by atoms with Crippen molar-refractivity contribution in [3.8, 4) is 0 Å². The molecule has 2 amide bonds. The number of hydrogen-bond acceptors (Lipinski definition) is 6. The highest BCUT2D eigenvalue weighted by Crippen LogP contribution is 2.32. The Kier molecular flexibility index (Phi) is 5.84. The minimum Gasteiger partial charge on any atom is -0.396 e. The van der Waals surface area contributed by atoms with Gasteiger partial charge in [0.1, 0.15) is 5.54 Å². The van der Waals surface area contributed by atoms with Gasteiger partial charge in [-0.2, -0.15) is 0 Å². The molecule has 2 aromatic rings. The Morgan fingerprint density at radius 1 is 1.14 bits per heavy atom. The van der Waals surface area contributed by atoms with Gasteiger partial charge in [-0.25, -0.2) is 4.79 Å². The summed E-state index contributed by atoms with van der Waals surface area (Å²) in [6.45, 7) is 2.15. The second-order valence-corrected chi connectivity index (χ2v) is 7.19. The van der Waals surface area contributed by atoms with Gasteiger partial charge in [0.2, 0.25) is 5.91 Å². The summed E-state index contributed by atoms with van der Waals surface area (Å²) in [7, 11) is 0. The molecule has 1 fully saturated rings. The number of amides is 2. The zero-order valence-corrected chi connectivity index (χ0v) is 16.2. The van der Waals surface area contributed by atoms with Crippen LogP contribution >= 0.6 is 0 Å². The summed E-state index contributed by atoms with van der Waals surface area (Å²) in [5, 5.41) is 4.15. The molecule has 1 saturated heterocycles. The van der Waals surface area contributed by atoms with Crippen molar-refractivity contribution < 1.29 is 19.2 Å². The molecule has 1 heterocycles. The SMILES string of the molecule is C[C@]1(C(=O)Nc2cccc(C(N)=O)c2N)CCCN1OC(=O)Cc1ccccc1. The fourth-order valence-electron chi connectivity index (χ4n) is 3.38. The van der Waals surface area contributed by atoms with E-state index >= 15 is 0 Å². The van der Waals surface area contributed by atoms with Crippen LogP contribution in [0.3, 0.4) is 0 Å². The number of benzene rings is 2. The molecule has 3 rings (SSSR count). The third-order valence-corrected chi connectivity index (χ3v) is 5.09. The number of hydrogen-bond donors (Lipinski definition) is 3. The Labute approximate surface area is 168 Å². The van der Waals surface area contributed by atoms with Gasteiger partial charge in [0.25, 0.3) is 5.91 Å². The maximum atomic E-state index is 13.0. The number of nitrogen functional groups attached to an aromatic ring is 1. The molecule has 0 aliphatic carbocycles. The first kappa shape index (κ1) is 20.3. The molecule has 29 heavy (non-hydrogen) atoms. The normalized spacial score (nSPS) is 18.9. The van der Waals surface area contributed by atoms with Crippen molar-refractivity contribution in [3.63, 3.8) is 0 Å². The van der Waals surface area contributed by atoms with Gasteiger partial charge in [-0.15, -0.1) is 5.06 Å². The van der Waals surface area contributed by atoms with Crippen molar-refractivity contribution in [1.29, 1.82) is 0 Å². The first-order valence-electron chi connectivity index (χ1n) is 9.33. The molecule has 0 aromatic heterocycles. The first-order chi connectivity index (χ1) is 13.8. The molecule has 5 N–H and O–H groups in total. The van der Waals surface area contributed by atoms with Crippen molar-refractivity contribution in [3.05, 3.63) is 59.7 Å². The number of nitrogens with one attached hydrogen (secondary N) is 1. The lowest BCUT2D eigenvalue weighted by Crippen LogP contribution is -2.51. The van der Waals surface area contributed by atoms with E-state index in [1.54, 1.807) is 19.1 Å². The lowest BCUT2D eigenvalue weighted by atomic mass is 9.98. The first-order valence-corrected chi connectivity index (χ1v) is 9.33. The van der Waals surface area contributed by atoms with Gasteiger partial charge in [-0.1, -0.05) is 36.4 Å². The van der Waals surface area contributed by atoms with E-state index < -0.39 is 17.4 Å². The van der Waals surface area contributed by atoms with Crippen LogP contribution in [0.25, 0.3) is 0 Å².